The highest BCUT2D eigenvalue weighted by molar-refractivity contribution is 5.96. The molecule has 7 nitrogen and oxygen atoms in total. The molecule has 0 radical (unpaired) electrons. The molecule has 33 heavy (non-hydrogen) atoms. The van der Waals surface area contributed by atoms with Gasteiger partial charge in [-0.15, -0.1) is 0 Å². The highest BCUT2D eigenvalue weighted by Gasteiger charge is 2.33. The molecule has 1 aliphatic rings. The third-order valence-corrected chi connectivity index (χ3v) is 6.90. The molecule has 7 heteroatoms. The number of nitrogens with two attached hydrogens (primary N) is 1. The second-order valence-corrected chi connectivity index (χ2v) is 9.17. The number of benzene rings is 2. The van der Waals surface area contributed by atoms with E-state index >= 15 is 0 Å². The number of aryl methyl sites for hydroxylation is 1. The zero-order chi connectivity index (χ0) is 23.5. The maximum atomic E-state index is 12.9. The van der Waals surface area contributed by atoms with Gasteiger partial charge in [-0.05, 0) is 63.6 Å². The van der Waals surface area contributed by atoms with Crippen LogP contribution in [0.15, 0.2) is 47.3 Å². The van der Waals surface area contributed by atoms with Crippen LogP contribution in [0.1, 0.15) is 50.7 Å². The highest BCUT2D eigenvalue weighted by Crippen LogP contribution is 2.28. The van der Waals surface area contributed by atoms with Crippen molar-refractivity contribution in [1.82, 2.24) is 14.9 Å². The van der Waals surface area contributed by atoms with Crippen LogP contribution >= 0.6 is 0 Å². The number of nitrogens with one attached hydrogen (secondary N) is 2. The molecule has 1 saturated heterocycles. The van der Waals surface area contributed by atoms with E-state index in [1.165, 1.54) is 0 Å². The third kappa shape index (κ3) is 4.84. The van der Waals surface area contributed by atoms with E-state index in [-0.39, 0.29) is 24.0 Å². The number of aromatic amines is 1. The van der Waals surface area contributed by atoms with E-state index in [1.807, 2.05) is 12.1 Å². The number of para-hydroxylation sites is 1. The number of hydrogen-bond acceptors (Lipinski definition) is 5. The molecule has 1 fully saturated rings. The fourth-order valence-corrected chi connectivity index (χ4v) is 5.21. The molecule has 2 aromatic carbocycles. The fraction of sp³-hybridized carbons (Fsp3) is 0.423. The minimum atomic E-state index is -0.249. The molecule has 0 amide bonds. The molecule has 174 valence electrons. The minimum Gasteiger partial charge on any atom is -0.395 e. The topological polar surface area (TPSA) is 119 Å². The number of nitrogens with zero attached hydrogens (tertiary/aromatic N) is 2. The summed E-state index contributed by atoms with van der Waals surface area (Å²) >= 11 is 0. The van der Waals surface area contributed by atoms with Gasteiger partial charge in [0, 0.05) is 29.3 Å². The number of aliphatic hydroxyl groups is 1. The number of amidine groups is 1. The molecule has 0 spiro atoms. The van der Waals surface area contributed by atoms with Gasteiger partial charge >= 0.3 is 0 Å². The Balaban J connectivity index is 1.53. The Labute approximate surface area is 194 Å². The number of nitrogen functional groups attached to an aromatic ring is 1. The van der Waals surface area contributed by atoms with Crippen LogP contribution in [0.25, 0.3) is 22.3 Å². The summed E-state index contributed by atoms with van der Waals surface area (Å²) in [5.41, 5.74) is 9.50. The van der Waals surface area contributed by atoms with Crippen LogP contribution in [0.2, 0.25) is 0 Å². The van der Waals surface area contributed by atoms with Crippen molar-refractivity contribution >= 4 is 16.9 Å². The predicted octanol–water partition coefficient (Wildman–Crippen LogP) is 3.43. The number of fused-ring (bicyclic) bond motifs is 1. The van der Waals surface area contributed by atoms with Crippen molar-refractivity contribution in [2.24, 2.45) is 5.73 Å². The van der Waals surface area contributed by atoms with Gasteiger partial charge in [-0.3, -0.25) is 15.1 Å². The lowest BCUT2D eigenvalue weighted by Gasteiger charge is -2.33. The van der Waals surface area contributed by atoms with Crippen molar-refractivity contribution in [3.8, 4) is 11.3 Å². The SMILES string of the molecule is CC(CCCc1cccc2nc(-c3cccc(C(=N)N)c3)c(=O)[nH]c12)N1C(C)CCC1CO. The summed E-state index contributed by atoms with van der Waals surface area (Å²) < 4.78 is 0. The quantitative estimate of drug-likeness (QED) is 0.312. The molecule has 4 rings (SSSR count). The molecule has 5 N–H and O–H groups in total. The van der Waals surface area contributed by atoms with E-state index in [2.05, 4.69) is 34.8 Å². The summed E-state index contributed by atoms with van der Waals surface area (Å²) in [6.45, 7) is 4.72. The van der Waals surface area contributed by atoms with E-state index in [1.54, 1.807) is 24.3 Å². The van der Waals surface area contributed by atoms with Crippen LogP contribution in [0, 0.1) is 5.41 Å². The van der Waals surface area contributed by atoms with Gasteiger partial charge in [-0.25, -0.2) is 4.98 Å². The molecule has 3 unspecified atom stereocenters. The van der Waals surface area contributed by atoms with Gasteiger partial charge in [0.2, 0.25) is 0 Å². The maximum Gasteiger partial charge on any atom is 0.274 e. The van der Waals surface area contributed by atoms with E-state index in [0.29, 0.717) is 28.9 Å². The van der Waals surface area contributed by atoms with Crippen molar-refractivity contribution in [1.29, 1.82) is 5.41 Å². The van der Waals surface area contributed by atoms with E-state index < -0.39 is 0 Å². The van der Waals surface area contributed by atoms with Gasteiger partial charge < -0.3 is 15.8 Å². The Kier molecular flexibility index (Phi) is 6.91. The van der Waals surface area contributed by atoms with Crippen LogP contribution in [0.3, 0.4) is 0 Å². The first-order chi connectivity index (χ1) is 15.9. The number of rotatable bonds is 8. The molecule has 3 atom stereocenters. The summed E-state index contributed by atoms with van der Waals surface area (Å²) in [5, 5.41) is 17.3. The van der Waals surface area contributed by atoms with E-state index in [9.17, 15) is 9.90 Å². The Morgan fingerprint density at radius 3 is 2.85 bits per heavy atom. The Morgan fingerprint density at radius 2 is 2.09 bits per heavy atom. The summed E-state index contributed by atoms with van der Waals surface area (Å²) in [6, 6.07) is 14.2. The summed E-state index contributed by atoms with van der Waals surface area (Å²) in [5.74, 6) is -0.0424. The zero-order valence-electron chi connectivity index (χ0n) is 19.3. The van der Waals surface area contributed by atoms with Gasteiger partial charge in [-0.1, -0.05) is 30.3 Å². The second kappa shape index (κ2) is 9.85. The first kappa shape index (κ1) is 23.1. The van der Waals surface area contributed by atoms with Crippen molar-refractivity contribution in [2.75, 3.05) is 6.61 Å². The van der Waals surface area contributed by atoms with Crippen LogP contribution in [0.5, 0.6) is 0 Å². The third-order valence-electron chi connectivity index (χ3n) is 6.90. The summed E-state index contributed by atoms with van der Waals surface area (Å²) in [4.78, 5) is 23.1. The Morgan fingerprint density at radius 1 is 1.30 bits per heavy atom. The molecular formula is C26H33N5O2. The van der Waals surface area contributed by atoms with Crippen LogP contribution < -0.4 is 11.3 Å². The van der Waals surface area contributed by atoms with Crippen molar-refractivity contribution < 1.29 is 5.11 Å². The second-order valence-electron chi connectivity index (χ2n) is 9.17. The summed E-state index contributed by atoms with van der Waals surface area (Å²) in [6.07, 6.45) is 5.08. The Hall–Kier alpha value is -3.03. The average Bonchev–Trinajstić information content (AvgIpc) is 3.19. The van der Waals surface area contributed by atoms with Gasteiger partial charge in [0.25, 0.3) is 5.56 Å². The molecule has 1 aliphatic heterocycles. The number of hydrogen-bond donors (Lipinski definition) is 4. The van der Waals surface area contributed by atoms with Gasteiger partial charge in [0.1, 0.15) is 11.5 Å². The first-order valence-corrected chi connectivity index (χ1v) is 11.7. The molecular weight excluding hydrogens is 414 g/mol. The molecule has 0 bridgehead atoms. The minimum absolute atomic E-state index is 0.0424. The Bertz CT molecular complexity index is 1200. The lowest BCUT2D eigenvalue weighted by molar-refractivity contribution is 0.0930. The number of likely N-dealkylation sites (tertiary alicyclic amines) is 1. The standard InChI is InChI=1S/C26H33N5O2/c1-16(31-17(2)12-13-21(31)15-32)6-3-7-18-8-5-11-22-23(18)30-26(33)24(29-22)19-9-4-10-20(14-19)25(27)28/h4-5,8-11,14,16-17,21,32H,3,6-7,12-13,15H2,1-2H3,(H3,27,28)(H,30,33). The molecule has 2 heterocycles. The monoisotopic (exact) mass is 447 g/mol. The van der Waals surface area contributed by atoms with Gasteiger partial charge in [0.15, 0.2) is 0 Å². The normalized spacial score (nSPS) is 19.7. The van der Waals surface area contributed by atoms with Crippen molar-refractivity contribution in [3.05, 3.63) is 63.9 Å². The number of aromatic nitrogens is 2. The van der Waals surface area contributed by atoms with E-state index in [0.717, 1.165) is 48.7 Å². The lowest BCUT2D eigenvalue weighted by atomic mass is 10.0. The fourth-order valence-electron chi connectivity index (χ4n) is 5.21. The first-order valence-electron chi connectivity index (χ1n) is 11.7. The van der Waals surface area contributed by atoms with Crippen molar-refractivity contribution in [2.45, 2.75) is 64.1 Å². The lowest BCUT2D eigenvalue weighted by Crippen LogP contribution is -2.43. The van der Waals surface area contributed by atoms with Crippen LogP contribution in [-0.4, -0.2) is 50.5 Å². The smallest absolute Gasteiger partial charge is 0.274 e. The number of H-pyrrole nitrogens is 1. The van der Waals surface area contributed by atoms with Crippen molar-refractivity contribution in [3.63, 3.8) is 0 Å². The molecule has 3 aromatic rings. The van der Waals surface area contributed by atoms with Crippen LogP contribution in [0.4, 0.5) is 0 Å². The molecule has 1 aromatic heterocycles. The van der Waals surface area contributed by atoms with Crippen LogP contribution in [-0.2, 0) is 6.42 Å². The number of aliphatic hydroxyl groups excluding tert-OH is 1. The predicted molar refractivity (Wildman–Crippen MR) is 133 cm³/mol. The molecule has 0 aliphatic carbocycles. The summed E-state index contributed by atoms with van der Waals surface area (Å²) in [7, 11) is 0. The van der Waals surface area contributed by atoms with E-state index in [4.69, 9.17) is 11.1 Å². The molecule has 0 saturated carbocycles. The van der Waals surface area contributed by atoms with Gasteiger partial charge in [0.05, 0.1) is 17.6 Å². The zero-order valence-corrected chi connectivity index (χ0v) is 19.3. The highest BCUT2D eigenvalue weighted by atomic mass is 16.3. The van der Waals surface area contributed by atoms with Gasteiger partial charge in [-0.2, -0.15) is 0 Å². The average molecular weight is 448 g/mol. The maximum absolute atomic E-state index is 12.9. The largest absolute Gasteiger partial charge is 0.395 e.